The summed E-state index contributed by atoms with van der Waals surface area (Å²) in [5, 5.41) is 0. The molecule has 0 atom stereocenters. The lowest BCUT2D eigenvalue weighted by atomic mass is 9.98. The molecule has 0 heterocycles. The summed E-state index contributed by atoms with van der Waals surface area (Å²) in [6.07, 6.45) is 1.67. The first kappa shape index (κ1) is 8.40. The minimum atomic E-state index is -1.06. The Hall–Kier alpha value is 0.300. The lowest BCUT2D eigenvalue weighted by Gasteiger charge is -2.21. The highest BCUT2D eigenvalue weighted by Crippen LogP contribution is 2.35. The molecule has 0 radical (unpaired) electrons. The van der Waals surface area contributed by atoms with Gasteiger partial charge in [-0.1, -0.05) is 31.9 Å². The number of hydrogen-bond donors (Lipinski definition) is 0. The molecular weight excluding hydrogens is 264 g/mol. The second-order valence-corrected chi connectivity index (χ2v) is 5.72. The van der Waals surface area contributed by atoms with Gasteiger partial charge in [-0.3, -0.25) is 9.59 Å². The number of carbonyl (C=O) groups is 2. The van der Waals surface area contributed by atoms with Crippen LogP contribution in [-0.2, 0) is 9.59 Å². The summed E-state index contributed by atoms with van der Waals surface area (Å²) in [6.45, 7) is 0. The summed E-state index contributed by atoms with van der Waals surface area (Å²) in [7, 11) is 0. The number of ketones is 2. The molecule has 0 aliphatic heterocycles. The molecule has 0 aromatic heterocycles. The third kappa shape index (κ3) is 1.32. The minimum absolute atomic E-state index is 0.0660. The van der Waals surface area contributed by atoms with Crippen LogP contribution >= 0.6 is 31.9 Å². The smallest absolute Gasteiger partial charge is 0.196 e. The highest BCUT2D eigenvalue weighted by Gasteiger charge is 2.41. The Balaban J connectivity index is 2.83. The molecule has 1 saturated carbocycles. The Morgan fingerprint density at radius 1 is 1.10 bits per heavy atom. The fourth-order valence-corrected chi connectivity index (χ4v) is 1.67. The van der Waals surface area contributed by atoms with E-state index in [1.165, 1.54) is 0 Å². The van der Waals surface area contributed by atoms with E-state index in [4.69, 9.17) is 0 Å². The standard InChI is InChI=1S/C6H6Br2O2/c7-6(8)4(9)2-1-3-5(6)10/h1-3H2. The topological polar surface area (TPSA) is 34.1 Å². The van der Waals surface area contributed by atoms with E-state index in [0.717, 1.165) is 0 Å². The van der Waals surface area contributed by atoms with Gasteiger partial charge in [0.2, 0.25) is 0 Å². The van der Waals surface area contributed by atoms with E-state index < -0.39 is 3.23 Å². The normalized spacial score (nSPS) is 25.0. The maximum atomic E-state index is 11.0. The van der Waals surface area contributed by atoms with Crippen molar-refractivity contribution in [3.8, 4) is 0 Å². The fourth-order valence-electron chi connectivity index (χ4n) is 0.879. The summed E-state index contributed by atoms with van der Waals surface area (Å²) in [5.74, 6) is -0.132. The van der Waals surface area contributed by atoms with Crippen molar-refractivity contribution < 1.29 is 9.59 Å². The minimum Gasteiger partial charge on any atom is -0.297 e. The van der Waals surface area contributed by atoms with Gasteiger partial charge < -0.3 is 0 Å². The van der Waals surface area contributed by atoms with Crippen LogP contribution in [0.25, 0.3) is 0 Å². The summed E-state index contributed by atoms with van der Waals surface area (Å²) < 4.78 is -1.06. The predicted molar refractivity (Wildman–Crippen MR) is 44.5 cm³/mol. The molecule has 0 N–H and O–H groups in total. The van der Waals surface area contributed by atoms with E-state index in [0.29, 0.717) is 19.3 Å². The van der Waals surface area contributed by atoms with Crippen molar-refractivity contribution in [2.75, 3.05) is 0 Å². The van der Waals surface area contributed by atoms with Gasteiger partial charge in [-0.05, 0) is 6.42 Å². The van der Waals surface area contributed by atoms with Gasteiger partial charge in [0.05, 0.1) is 0 Å². The molecule has 0 spiro atoms. The van der Waals surface area contributed by atoms with Gasteiger partial charge in [-0.2, -0.15) is 0 Å². The molecule has 1 aliphatic rings. The maximum Gasteiger partial charge on any atom is 0.196 e. The van der Waals surface area contributed by atoms with Gasteiger partial charge in [0, 0.05) is 12.8 Å². The van der Waals surface area contributed by atoms with Gasteiger partial charge in [-0.15, -0.1) is 0 Å². The number of halogens is 2. The second-order valence-electron chi connectivity index (χ2n) is 2.27. The summed E-state index contributed by atoms with van der Waals surface area (Å²) >= 11 is 6.08. The van der Waals surface area contributed by atoms with E-state index >= 15 is 0 Å². The van der Waals surface area contributed by atoms with Crippen LogP contribution in [0.15, 0.2) is 0 Å². The molecule has 1 rings (SSSR count). The van der Waals surface area contributed by atoms with Crippen molar-refractivity contribution in [2.45, 2.75) is 22.5 Å². The molecule has 0 aromatic rings. The van der Waals surface area contributed by atoms with Crippen molar-refractivity contribution >= 4 is 43.4 Å². The molecule has 0 saturated heterocycles. The SMILES string of the molecule is O=C1CCCC(=O)C1(Br)Br. The Morgan fingerprint density at radius 2 is 1.50 bits per heavy atom. The first-order valence-corrected chi connectivity index (χ1v) is 4.58. The second kappa shape index (κ2) is 2.74. The summed E-state index contributed by atoms with van der Waals surface area (Å²) in [4.78, 5) is 22.0. The van der Waals surface area contributed by atoms with Crippen LogP contribution in [0.5, 0.6) is 0 Å². The van der Waals surface area contributed by atoms with Crippen LogP contribution in [0.3, 0.4) is 0 Å². The Morgan fingerprint density at radius 3 is 1.80 bits per heavy atom. The molecular formula is C6H6Br2O2. The average Bonchev–Trinajstić information content (AvgIpc) is 1.84. The van der Waals surface area contributed by atoms with E-state index in [-0.39, 0.29) is 11.6 Å². The van der Waals surface area contributed by atoms with Crippen molar-refractivity contribution in [2.24, 2.45) is 0 Å². The van der Waals surface area contributed by atoms with E-state index in [1.807, 2.05) is 0 Å². The van der Waals surface area contributed by atoms with Crippen LogP contribution in [0, 0.1) is 0 Å². The number of carbonyl (C=O) groups excluding carboxylic acids is 2. The van der Waals surface area contributed by atoms with Crippen LogP contribution in [-0.4, -0.2) is 14.8 Å². The highest BCUT2D eigenvalue weighted by atomic mass is 79.9. The molecule has 0 unspecified atom stereocenters. The van der Waals surface area contributed by atoms with Crippen molar-refractivity contribution in [3.05, 3.63) is 0 Å². The predicted octanol–water partition coefficient (Wildman–Crippen LogP) is 1.79. The zero-order valence-electron chi connectivity index (χ0n) is 5.19. The molecule has 2 nitrogen and oxygen atoms in total. The van der Waals surface area contributed by atoms with Crippen LogP contribution in [0.1, 0.15) is 19.3 Å². The molecule has 1 aliphatic carbocycles. The third-order valence-electron chi connectivity index (χ3n) is 1.51. The molecule has 0 amide bonds. The average molecular weight is 270 g/mol. The summed E-state index contributed by atoms with van der Waals surface area (Å²) in [6, 6.07) is 0. The quantitative estimate of drug-likeness (QED) is 0.496. The van der Waals surface area contributed by atoms with Crippen LogP contribution in [0.2, 0.25) is 0 Å². The first-order chi connectivity index (χ1) is 4.55. The van der Waals surface area contributed by atoms with Crippen molar-refractivity contribution in [1.29, 1.82) is 0 Å². The van der Waals surface area contributed by atoms with Gasteiger partial charge >= 0.3 is 0 Å². The molecule has 10 heavy (non-hydrogen) atoms. The Kier molecular flexibility index (Phi) is 2.30. The third-order valence-corrected chi connectivity index (χ3v) is 3.28. The fraction of sp³-hybridized carbons (Fsp3) is 0.667. The van der Waals surface area contributed by atoms with Gasteiger partial charge in [-0.25, -0.2) is 0 Å². The number of Topliss-reactive ketones (excluding diaryl/α,β-unsaturated/α-hetero) is 2. The van der Waals surface area contributed by atoms with Crippen molar-refractivity contribution in [1.82, 2.24) is 0 Å². The zero-order valence-corrected chi connectivity index (χ0v) is 8.37. The molecule has 0 bridgehead atoms. The van der Waals surface area contributed by atoms with Crippen LogP contribution < -0.4 is 0 Å². The van der Waals surface area contributed by atoms with Gasteiger partial charge in [0.1, 0.15) is 0 Å². The van der Waals surface area contributed by atoms with Gasteiger partial charge in [0.25, 0.3) is 0 Å². The number of rotatable bonds is 0. The Labute approximate surface area is 75.6 Å². The van der Waals surface area contributed by atoms with E-state index in [1.54, 1.807) is 0 Å². The molecule has 56 valence electrons. The first-order valence-electron chi connectivity index (χ1n) is 2.99. The maximum absolute atomic E-state index is 11.0. The summed E-state index contributed by atoms with van der Waals surface area (Å²) in [5.41, 5.74) is 0. The van der Waals surface area contributed by atoms with Crippen molar-refractivity contribution in [3.63, 3.8) is 0 Å². The van der Waals surface area contributed by atoms with E-state index in [9.17, 15) is 9.59 Å². The molecule has 0 aromatic carbocycles. The van der Waals surface area contributed by atoms with E-state index in [2.05, 4.69) is 31.9 Å². The lowest BCUT2D eigenvalue weighted by molar-refractivity contribution is -0.129. The largest absolute Gasteiger partial charge is 0.297 e. The molecule has 4 heteroatoms. The highest BCUT2D eigenvalue weighted by molar-refractivity contribution is 9.26. The molecule has 1 fully saturated rings. The van der Waals surface area contributed by atoms with Gasteiger partial charge in [0.15, 0.2) is 14.8 Å². The number of alkyl halides is 2. The lowest BCUT2D eigenvalue weighted by Crippen LogP contribution is -2.37. The number of hydrogen-bond acceptors (Lipinski definition) is 2. The zero-order chi connectivity index (χ0) is 7.78. The monoisotopic (exact) mass is 268 g/mol. The Bertz CT molecular complexity index is 168. The van der Waals surface area contributed by atoms with Crippen LogP contribution in [0.4, 0.5) is 0 Å².